The Balaban J connectivity index is 1.39. The summed E-state index contributed by atoms with van der Waals surface area (Å²) in [4.78, 5) is 14.6. The molecule has 6 heteroatoms. The summed E-state index contributed by atoms with van der Waals surface area (Å²) in [7, 11) is 0. The third kappa shape index (κ3) is 3.62. The molecule has 148 valence electrons. The summed E-state index contributed by atoms with van der Waals surface area (Å²) in [5.41, 5.74) is -0.676. The highest BCUT2D eigenvalue weighted by Crippen LogP contribution is 2.36. The van der Waals surface area contributed by atoms with E-state index in [2.05, 4.69) is 0 Å². The fourth-order valence-corrected chi connectivity index (χ4v) is 3.94. The molecule has 0 bridgehead atoms. The van der Waals surface area contributed by atoms with E-state index in [0.29, 0.717) is 43.0 Å². The van der Waals surface area contributed by atoms with Gasteiger partial charge in [0, 0.05) is 24.6 Å². The number of ether oxygens (including phenoxy) is 2. The SMILES string of the molecule is CC(O)(C1COc2ccccc2O1)N1CCC(C(=O)c2ccc(F)cc2)CC1. The number of fused-ring (bicyclic) bond motifs is 1. The maximum atomic E-state index is 13.1. The smallest absolute Gasteiger partial charge is 0.175 e. The van der Waals surface area contributed by atoms with E-state index < -0.39 is 11.8 Å². The number of ketones is 1. The summed E-state index contributed by atoms with van der Waals surface area (Å²) in [5.74, 6) is 0.865. The lowest BCUT2D eigenvalue weighted by Crippen LogP contribution is -2.61. The van der Waals surface area contributed by atoms with Gasteiger partial charge in [0.2, 0.25) is 0 Å². The van der Waals surface area contributed by atoms with Crippen LogP contribution in [0.5, 0.6) is 11.5 Å². The Labute approximate surface area is 163 Å². The first-order valence-electron chi connectivity index (χ1n) is 9.61. The molecule has 2 aromatic carbocycles. The molecule has 2 aliphatic rings. The number of rotatable bonds is 4. The average Bonchev–Trinajstić information content (AvgIpc) is 2.73. The van der Waals surface area contributed by atoms with E-state index in [1.807, 2.05) is 29.2 Å². The molecule has 2 aliphatic heterocycles. The molecule has 28 heavy (non-hydrogen) atoms. The van der Waals surface area contributed by atoms with E-state index in [1.54, 1.807) is 6.92 Å². The quantitative estimate of drug-likeness (QED) is 0.819. The fourth-order valence-electron chi connectivity index (χ4n) is 3.94. The Morgan fingerprint density at radius 1 is 1.11 bits per heavy atom. The summed E-state index contributed by atoms with van der Waals surface area (Å²) in [5, 5.41) is 11.2. The maximum absolute atomic E-state index is 13.1. The molecule has 2 heterocycles. The number of likely N-dealkylation sites (tertiary alicyclic amines) is 1. The molecule has 5 nitrogen and oxygen atoms in total. The summed E-state index contributed by atoms with van der Waals surface area (Å²) in [6.45, 7) is 3.15. The number of para-hydroxylation sites is 2. The van der Waals surface area contributed by atoms with Crippen LogP contribution in [0.25, 0.3) is 0 Å². The molecular weight excluding hydrogens is 361 g/mol. The van der Waals surface area contributed by atoms with Gasteiger partial charge in [-0.05, 0) is 56.2 Å². The Kier molecular flexibility index (Phi) is 5.08. The number of aliphatic hydroxyl groups is 1. The van der Waals surface area contributed by atoms with Crippen molar-refractivity contribution in [2.45, 2.75) is 31.6 Å². The maximum Gasteiger partial charge on any atom is 0.175 e. The predicted molar refractivity (Wildman–Crippen MR) is 102 cm³/mol. The van der Waals surface area contributed by atoms with E-state index in [4.69, 9.17) is 9.47 Å². The number of benzene rings is 2. The van der Waals surface area contributed by atoms with Crippen LogP contribution in [0.15, 0.2) is 48.5 Å². The van der Waals surface area contributed by atoms with Gasteiger partial charge in [0.1, 0.15) is 12.4 Å². The Bertz CT molecular complexity index is 844. The highest BCUT2D eigenvalue weighted by molar-refractivity contribution is 5.97. The number of piperidine rings is 1. The van der Waals surface area contributed by atoms with Gasteiger partial charge in [-0.15, -0.1) is 0 Å². The first kappa shape index (κ1) is 18.9. The zero-order valence-electron chi connectivity index (χ0n) is 15.8. The number of halogens is 1. The largest absolute Gasteiger partial charge is 0.486 e. The van der Waals surface area contributed by atoms with Crippen LogP contribution in [-0.2, 0) is 0 Å². The predicted octanol–water partition coefficient (Wildman–Crippen LogP) is 3.27. The van der Waals surface area contributed by atoms with Crippen molar-refractivity contribution in [3.63, 3.8) is 0 Å². The second-order valence-electron chi connectivity index (χ2n) is 7.59. The van der Waals surface area contributed by atoms with Gasteiger partial charge in [0.25, 0.3) is 0 Å². The number of hydrogen-bond donors (Lipinski definition) is 1. The van der Waals surface area contributed by atoms with Crippen LogP contribution in [0.3, 0.4) is 0 Å². The topological polar surface area (TPSA) is 59.0 Å². The van der Waals surface area contributed by atoms with E-state index in [9.17, 15) is 14.3 Å². The lowest BCUT2D eigenvalue weighted by molar-refractivity contribution is -0.178. The number of carbonyl (C=O) groups is 1. The second kappa shape index (κ2) is 7.53. The van der Waals surface area contributed by atoms with Crippen molar-refractivity contribution in [3.8, 4) is 11.5 Å². The Hall–Kier alpha value is -2.44. The molecule has 4 rings (SSSR count). The summed E-state index contributed by atoms with van der Waals surface area (Å²) >= 11 is 0. The van der Waals surface area contributed by atoms with Crippen molar-refractivity contribution in [2.75, 3.05) is 19.7 Å². The zero-order valence-corrected chi connectivity index (χ0v) is 15.8. The minimum Gasteiger partial charge on any atom is -0.486 e. The van der Waals surface area contributed by atoms with E-state index in [1.165, 1.54) is 24.3 Å². The van der Waals surface area contributed by atoms with E-state index in [-0.39, 0.29) is 24.1 Å². The van der Waals surface area contributed by atoms with Gasteiger partial charge >= 0.3 is 0 Å². The molecule has 1 fully saturated rings. The number of carbonyl (C=O) groups excluding carboxylic acids is 1. The highest BCUT2D eigenvalue weighted by atomic mass is 19.1. The molecule has 0 amide bonds. The monoisotopic (exact) mass is 385 g/mol. The molecule has 1 N–H and O–H groups in total. The molecule has 2 unspecified atom stereocenters. The number of hydrogen-bond acceptors (Lipinski definition) is 5. The fraction of sp³-hybridized carbons (Fsp3) is 0.409. The summed E-state index contributed by atoms with van der Waals surface area (Å²) in [6.07, 6.45) is 0.749. The van der Waals surface area contributed by atoms with Crippen LogP contribution < -0.4 is 9.47 Å². The average molecular weight is 385 g/mol. The van der Waals surface area contributed by atoms with Crippen molar-refractivity contribution >= 4 is 5.78 Å². The molecule has 0 saturated carbocycles. The summed E-state index contributed by atoms with van der Waals surface area (Å²) < 4.78 is 24.8. The van der Waals surface area contributed by atoms with Crippen LogP contribution in [0, 0.1) is 11.7 Å². The molecule has 0 aromatic heterocycles. The van der Waals surface area contributed by atoms with Gasteiger partial charge in [-0.3, -0.25) is 9.69 Å². The van der Waals surface area contributed by atoms with E-state index >= 15 is 0 Å². The van der Waals surface area contributed by atoms with Gasteiger partial charge < -0.3 is 14.6 Å². The van der Waals surface area contributed by atoms with Crippen LogP contribution in [0.2, 0.25) is 0 Å². The van der Waals surface area contributed by atoms with Gasteiger partial charge in [-0.2, -0.15) is 0 Å². The van der Waals surface area contributed by atoms with Crippen molar-refractivity contribution in [3.05, 3.63) is 59.9 Å². The lowest BCUT2D eigenvalue weighted by atomic mass is 9.87. The van der Waals surface area contributed by atoms with Gasteiger partial charge in [-0.25, -0.2) is 4.39 Å². The Morgan fingerprint density at radius 2 is 1.75 bits per heavy atom. The van der Waals surface area contributed by atoms with Gasteiger partial charge in [0.15, 0.2) is 29.1 Å². The van der Waals surface area contributed by atoms with Crippen molar-refractivity contribution in [1.29, 1.82) is 0 Å². The van der Waals surface area contributed by atoms with E-state index in [0.717, 1.165) is 0 Å². The molecule has 0 aliphatic carbocycles. The van der Waals surface area contributed by atoms with Crippen molar-refractivity contribution in [2.24, 2.45) is 5.92 Å². The standard InChI is InChI=1S/C22H24FNO4/c1-22(26,20-14-27-18-4-2-3-5-19(18)28-20)24-12-10-16(11-13-24)21(25)15-6-8-17(23)9-7-15/h2-9,16,20,26H,10-14H2,1H3. The second-order valence-corrected chi connectivity index (χ2v) is 7.59. The lowest BCUT2D eigenvalue weighted by Gasteiger charge is -2.45. The van der Waals surface area contributed by atoms with Crippen LogP contribution in [-0.4, -0.2) is 47.3 Å². The zero-order chi connectivity index (χ0) is 19.7. The van der Waals surface area contributed by atoms with Gasteiger partial charge in [0.05, 0.1) is 0 Å². The van der Waals surface area contributed by atoms with Crippen molar-refractivity contribution < 1.29 is 23.8 Å². The Morgan fingerprint density at radius 3 is 2.43 bits per heavy atom. The van der Waals surface area contributed by atoms with Gasteiger partial charge in [-0.1, -0.05) is 12.1 Å². The molecule has 0 radical (unpaired) electrons. The van der Waals surface area contributed by atoms with Crippen LogP contribution in [0.4, 0.5) is 4.39 Å². The number of Topliss-reactive ketones (excluding diaryl/α,β-unsaturated/α-hetero) is 1. The molecule has 2 atom stereocenters. The van der Waals surface area contributed by atoms with Crippen LogP contribution >= 0.6 is 0 Å². The van der Waals surface area contributed by atoms with Crippen molar-refractivity contribution in [1.82, 2.24) is 4.90 Å². The molecule has 1 saturated heterocycles. The third-order valence-electron chi connectivity index (χ3n) is 5.75. The molecular formula is C22H24FNO4. The third-order valence-corrected chi connectivity index (χ3v) is 5.75. The minimum absolute atomic E-state index is 0.0328. The normalized spacial score (nSPS) is 22.5. The molecule has 0 spiro atoms. The number of nitrogens with zero attached hydrogens (tertiary/aromatic N) is 1. The first-order chi connectivity index (χ1) is 13.4. The first-order valence-corrected chi connectivity index (χ1v) is 9.61. The van der Waals surface area contributed by atoms with Crippen LogP contribution in [0.1, 0.15) is 30.1 Å². The molecule has 2 aromatic rings. The summed E-state index contributed by atoms with van der Waals surface area (Å²) in [6, 6.07) is 13.1. The highest BCUT2D eigenvalue weighted by Gasteiger charge is 2.44. The minimum atomic E-state index is -1.21.